The predicted octanol–water partition coefficient (Wildman–Crippen LogP) is 1.23. The summed E-state index contributed by atoms with van der Waals surface area (Å²) < 4.78 is 42.2. The molecule has 1 saturated heterocycles. The molecule has 1 unspecified atom stereocenters. The molecule has 2 rings (SSSR count). The number of nitrogens with zero attached hydrogens (tertiary/aromatic N) is 1. The maximum atomic E-state index is 12.3. The fourth-order valence-corrected chi connectivity index (χ4v) is 2.51. The minimum Gasteiger partial charge on any atom is -0.378 e. The summed E-state index contributed by atoms with van der Waals surface area (Å²) in [5, 5.41) is 6.98. The zero-order valence-electron chi connectivity index (χ0n) is 10.9. The molecule has 1 amide bonds. The third kappa shape index (κ3) is 5.42. The summed E-state index contributed by atoms with van der Waals surface area (Å²) in [6.45, 7) is 1.74. The van der Waals surface area contributed by atoms with E-state index in [2.05, 4.69) is 15.6 Å². The highest BCUT2D eigenvalue weighted by Crippen LogP contribution is 2.29. The summed E-state index contributed by atoms with van der Waals surface area (Å²) in [7, 11) is 0. The van der Waals surface area contributed by atoms with Crippen LogP contribution in [-0.4, -0.2) is 43.2 Å². The number of morpholine rings is 1. The summed E-state index contributed by atoms with van der Waals surface area (Å²) in [5.74, 6) is -0.211. The molecule has 0 aromatic carbocycles. The molecule has 2 heterocycles. The third-order valence-corrected chi connectivity index (χ3v) is 3.63. The van der Waals surface area contributed by atoms with Gasteiger partial charge in [-0.2, -0.15) is 13.2 Å². The predicted molar refractivity (Wildman–Crippen MR) is 73.7 cm³/mol. The zero-order chi connectivity index (χ0) is 14.6. The maximum Gasteiger partial charge on any atom is 0.434 e. The van der Waals surface area contributed by atoms with E-state index in [9.17, 15) is 18.0 Å². The van der Waals surface area contributed by atoms with E-state index in [-0.39, 0.29) is 31.3 Å². The SMILES string of the molecule is Cl.O=C(NCCc1nc(C(F)(F)F)cs1)C1COCCN1. The van der Waals surface area contributed by atoms with E-state index in [1.54, 1.807) is 0 Å². The molecule has 0 radical (unpaired) electrons. The molecule has 0 aliphatic carbocycles. The summed E-state index contributed by atoms with van der Waals surface area (Å²) in [5.41, 5.74) is -0.883. The van der Waals surface area contributed by atoms with Crippen LogP contribution in [0.3, 0.4) is 0 Å². The van der Waals surface area contributed by atoms with Crippen molar-refractivity contribution in [2.24, 2.45) is 0 Å². The number of carbonyl (C=O) groups is 1. The van der Waals surface area contributed by atoms with E-state index in [1.807, 2.05) is 0 Å². The van der Waals surface area contributed by atoms with Gasteiger partial charge in [0, 0.05) is 24.9 Å². The van der Waals surface area contributed by atoms with Crippen molar-refractivity contribution in [2.45, 2.75) is 18.6 Å². The molecule has 120 valence electrons. The molecule has 1 aromatic heterocycles. The molecule has 2 N–H and O–H groups in total. The van der Waals surface area contributed by atoms with Gasteiger partial charge in [-0.3, -0.25) is 4.79 Å². The van der Waals surface area contributed by atoms with Gasteiger partial charge in [-0.25, -0.2) is 4.98 Å². The van der Waals surface area contributed by atoms with E-state index in [1.165, 1.54) is 0 Å². The first-order valence-electron chi connectivity index (χ1n) is 6.07. The van der Waals surface area contributed by atoms with Crippen molar-refractivity contribution in [2.75, 3.05) is 26.3 Å². The van der Waals surface area contributed by atoms with E-state index >= 15 is 0 Å². The molecule has 10 heteroatoms. The summed E-state index contributed by atoms with van der Waals surface area (Å²) in [6, 6.07) is -0.397. The molecule has 0 spiro atoms. The van der Waals surface area contributed by atoms with Crippen LogP contribution in [0.2, 0.25) is 0 Å². The van der Waals surface area contributed by atoms with Crippen molar-refractivity contribution in [3.63, 3.8) is 0 Å². The first-order valence-corrected chi connectivity index (χ1v) is 6.95. The number of hydrogen-bond donors (Lipinski definition) is 2. The van der Waals surface area contributed by atoms with Gasteiger partial charge in [0.1, 0.15) is 6.04 Å². The Labute approximate surface area is 129 Å². The molecule has 1 aromatic rings. The standard InChI is InChI=1S/C11H14F3N3O2S.ClH/c12-11(13,14)8-6-20-9(17-8)1-2-16-10(18)7-5-19-4-3-15-7;/h6-7,15H,1-5H2,(H,16,18);1H. The quantitative estimate of drug-likeness (QED) is 0.861. The van der Waals surface area contributed by atoms with E-state index in [0.29, 0.717) is 24.8 Å². The Morgan fingerprint density at radius 1 is 1.57 bits per heavy atom. The Morgan fingerprint density at radius 3 is 2.90 bits per heavy atom. The van der Waals surface area contributed by atoms with Crippen molar-refractivity contribution in [1.82, 2.24) is 15.6 Å². The minimum absolute atomic E-state index is 0. The molecule has 1 atom stereocenters. The van der Waals surface area contributed by atoms with Crippen LogP contribution >= 0.6 is 23.7 Å². The van der Waals surface area contributed by atoms with Crippen LogP contribution in [0.4, 0.5) is 13.2 Å². The van der Waals surface area contributed by atoms with Crippen LogP contribution in [0, 0.1) is 0 Å². The van der Waals surface area contributed by atoms with Gasteiger partial charge < -0.3 is 15.4 Å². The van der Waals surface area contributed by atoms with Gasteiger partial charge in [-0.05, 0) is 0 Å². The molecule has 1 fully saturated rings. The number of amides is 1. The maximum absolute atomic E-state index is 12.3. The second kappa shape index (κ2) is 7.92. The average Bonchev–Trinajstić information content (AvgIpc) is 2.88. The van der Waals surface area contributed by atoms with Crippen LogP contribution in [-0.2, 0) is 22.1 Å². The van der Waals surface area contributed by atoms with Crippen molar-refractivity contribution < 1.29 is 22.7 Å². The molecule has 5 nitrogen and oxygen atoms in total. The van der Waals surface area contributed by atoms with Gasteiger partial charge in [0.2, 0.25) is 5.91 Å². The lowest BCUT2D eigenvalue weighted by molar-refractivity contribution is -0.140. The van der Waals surface area contributed by atoms with E-state index in [4.69, 9.17) is 4.74 Å². The van der Waals surface area contributed by atoms with Gasteiger partial charge in [-0.1, -0.05) is 0 Å². The Hall–Kier alpha value is -0.900. The highest BCUT2D eigenvalue weighted by atomic mass is 35.5. The van der Waals surface area contributed by atoms with Crippen LogP contribution in [0.5, 0.6) is 0 Å². The van der Waals surface area contributed by atoms with Gasteiger partial charge in [-0.15, -0.1) is 23.7 Å². The number of rotatable bonds is 4. The van der Waals surface area contributed by atoms with Crippen molar-refractivity contribution >= 4 is 29.7 Å². The molecule has 1 aliphatic rings. The van der Waals surface area contributed by atoms with E-state index in [0.717, 1.165) is 16.7 Å². The summed E-state index contributed by atoms with van der Waals surface area (Å²) in [4.78, 5) is 15.2. The molecular formula is C11H15ClF3N3O2S. The lowest BCUT2D eigenvalue weighted by atomic mass is 10.2. The molecule has 0 bridgehead atoms. The number of halogens is 4. The van der Waals surface area contributed by atoms with Crippen molar-refractivity contribution in [1.29, 1.82) is 0 Å². The average molecular weight is 346 g/mol. The number of ether oxygens (including phenoxy) is 1. The van der Waals surface area contributed by atoms with Crippen LogP contribution in [0.15, 0.2) is 5.38 Å². The lowest BCUT2D eigenvalue weighted by Gasteiger charge is -2.22. The van der Waals surface area contributed by atoms with Crippen LogP contribution < -0.4 is 10.6 Å². The molecule has 0 saturated carbocycles. The highest BCUT2D eigenvalue weighted by Gasteiger charge is 2.33. The number of aromatic nitrogens is 1. The number of nitrogens with one attached hydrogen (secondary N) is 2. The van der Waals surface area contributed by atoms with Gasteiger partial charge in [0.25, 0.3) is 0 Å². The van der Waals surface area contributed by atoms with Crippen LogP contribution in [0.25, 0.3) is 0 Å². The van der Waals surface area contributed by atoms with Crippen LogP contribution in [0.1, 0.15) is 10.7 Å². The fourth-order valence-electron chi connectivity index (χ4n) is 1.71. The number of carbonyl (C=O) groups excluding carboxylic acids is 1. The Morgan fingerprint density at radius 2 is 2.33 bits per heavy atom. The Bertz CT molecular complexity index is 464. The number of thiazole rings is 1. The first-order chi connectivity index (χ1) is 9.47. The molecule has 21 heavy (non-hydrogen) atoms. The smallest absolute Gasteiger partial charge is 0.378 e. The third-order valence-electron chi connectivity index (χ3n) is 2.72. The second-order valence-corrected chi connectivity index (χ2v) is 5.19. The Balaban J connectivity index is 0.00000220. The normalized spacial score (nSPS) is 18.9. The van der Waals surface area contributed by atoms with Crippen molar-refractivity contribution in [3.8, 4) is 0 Å². The largest absolute Gasteiger partial charge is 0.434 e. The summed E-state index contributed by atoms with van der Waals surface area (Å²) in [6.07, 6.45) is -4.14. The molecule has 1 aliphatic heterocycles. The topological polar surface area (TPSA) is 63.2 Å². The van der Waals surface area contributed by atoms with E-state index < -0.39 is 17.9 Å². The monoisotopic (exact) mass is 345 g/mol. The van der Waals surface area contributed by atoms with Gasteiger partial charge >= 0.3 is 6.18 Å². The number of alkyl halides is 3. The lowest BCUT2D eigenvalue weighted by Crippen LogP contribution is -2.51. The van der Waals surface area contributed by atoms with Gasteiger partial charge in [0.05, 0.1) is 18.2 Å². The van der Waals surface area contributed by atoms with Crippen molar-refractivity contribution in [3.05, 3.63) is 16.1 Å². The Kier molecular flexibility index (Phi) is 6.85. The summed E-state index contributed by atoms with van der Waals surface area (Å²) >= 11 is 0.941. The highest BCUT2D eigenvalue weighted by molar-refractivity contribution is 7.09. The second-order valence-electron chi connectivity index (χ2n) is 4.25. The zero-order valence-corrected chi connectivity index (χ0v) is 12.5. The number of hydrogen-bond acceptors (Lipinski definition) is 5. The van der Waals surface area contributed by atoms with Gasteiger partial charge in [0.15, 0.2) is 5.69 Å². The first kappa shape index (κ1) is 18.1. The fraction of sp³-hybridized carbons (Fsp3) is 0.636. The minimum atomic E-state index is -4.42. The molecular weight excluding hydrogens is 331 g/mol.